The van der Waals surface area contributed by atoms with E-state index in [1.54, 1.807) is 18.3 Å². The molecular formula is C20H17F3N4O3. The number of halogens is 3. The molecule has 2 N–H and O–H groups in total. The third kappa shape index (κ3) is 3.68. The zero-order chi connectivity index (χ0) is 21.4. The van der Waals surface area contributed by atoms with E-state index >= 15 is 0 Å². The smallest absolute Gasteiger partial charge is 0.270 e. The average molecular weight is 418 g/mol. The van der Waals surface area contributed by atoms with E-state index in [1.165, 1.54) is 12.0 Å². The highest BCUT2D eigenvalue weighted by Gasteiger charge is 2.32. The maximum Gasteiger partial charge on any atom is 0.270 e. The molecule has 0 unspecified atom stereocenters. The zero-order valence-electron chi connectivity index (χ0n) is 15.8. The molecule has 10 heteroatoms. The summed E-state index contributed by atoms with van der Waals surface area (Å²) in [6.45, 7) is 0.494. The number of likely N-dealkylation sites (tertiary alicyclic amines) is 1. The Labute approximate surface area is 168 Å². The van der Waals surface area contributed by atoms with E-state index < -0.39 is 29.3 Å². The lowest BCUT2D eigenvalue weighted by Gasteiger charge is -2.15. The van der Waals surface area contributed by atoms with E-state index in [0.717, 1.165) is 5.39 Å². The van der Waals surface area contributed by atoms with Crippen LogP contribution in [0.4, 0.5) is 18.9 Å². The number of nitrogens with zero attached hydrogens (tertiary/aromatic N) is 2. The number of pyridine rings is 1. The first-order valence-electron chi connectivity index (χ1n) is 9.13. The van der Waals surface area contributed by atoms with Gasteiger partial charge in [0, 0.05) is 42.4 Å². The van der Waals surface area contributed by atoms with Crippen LogP contribution in [0.25, 0.3) is 10.9 Å². The number of aromatic nitrogens is 2. The first-order valence-corrected chi connectivity index (χ1v) is 9.13. The molecule has 30 heavy (non-hydrogen) atoms. The molecule has 156 valence electrons. The molecule has 0 bridgehead atoms. The SMILES string of the molecule is COc1cc2cc(C(=O)N3CC[C@H](C(=O)Nc4cc(F)c(F)c(F)c4)C3)[nH]c2cn1. The van der Waals surface area contributed by atoms with Gasteiger partial charge in [-0.2, -0.15) is 0 Å². The Balaban J connectivity index is 1.43. The summed E-state index contributed by atoms with van der Waals surface area (Å²) in [5.74, 6) is -5.29. The van der Waals surface area contributed by atoms with Crippen LogP contribution < -0.4 is 10.1 Å². The number of methoxy groups -OCH3 is 1. The normalized spacial score (nSPS) is 16.1. The van der Waals surface area contributed by atoms with Gasteiger partial charge < -0.3 is 19.9 Å². The minimum absolute atomic E-state index is 0.147. The Bertz CT molecular complexity index is 1120. The van der Waals surface area contributed by atoms with Crippen molar-refractivity contribution in [1.82, 2.24) is 14.9 Å². The molecule has 1 saturated heterocycles. The second-order valence-electron chi connectivity index (χ2n) is 6.98. The fourth-order valence-electron chi connectivity index (χ4n) is 3.44. The van der Waals surface area contributed by atoms with E-state index in [2.05, 4.69) is 15.3 Å². The molecule has 0 radical (unpaired) electrons. The van der Waals surface area contributed by atoms with Gasteiger partial charge in [-0.3, -0.25) is 9.59 Å². The predicted octanol–water partition coefficient (Wildman–Crippen LogP) is 3.09. The predicted molar refractivity (Wildman–Crippen MR) is 102 cm³/mol. The number of hydrogen-bond donors (Lipinski definition) is 2. The summed E-state index contributed by atoms with van der Waals surface area (Å²) in [7, 11) is 1.50. The summed E-state index contributed by atoms with van der Waals surface area (Å²) in [6, 6.07) is 4.80. The summed E-state index contributed by atoms with van der Waals surface area (Å²) >= 11 is 0. The fraction of sp³-hybridized carbons (Fsp3) is 0.250. The Morgan fingerprint density at radius 1 is 1.20 bits per heavy atom. The number of fused-ring (bicyclic) bond motifs is 1. The van der Waals surface area contributed by atoms with Gasteiger partial charge in [0.2, 0.25) is 11.8 Å². The van der Waals surface area contributed by atoms with Crippen LogP contribution in [-0.2, 0) is 4.79 Å². The Morgan fingerprint density at radius 3 is 2.63 bits per heavy atom. The molecular weight excluding hydrogens is 401 g/mol. The lowest BCUT2D eigenvalue weighted by molar-refractivity contribution is -0.119. The van der Waals surface area contributed by atoms with Crippen LogP contribution >= 0.6 is 0 Å². The van der Waals surface area contributed by atoms with E-state index in [4.69, 9.17) is 4.74 Å². The summed E-state index contributed by atoms with van der Waals surface area (Å²) < 4.78 is 44.8. The second-order valence-corrected chi connectivity index (χ2v) is 6.98. The topological polar surface area (TPSA) is 87.3 Å². The molecule has 1 atom stereocenters. The number of amides is 2. The third-order valence-corrected chi connectivity index (χ3v) is 5.02. The van der Waals surface area contributed by atoms with Gasteiger partial charge in [-0.05, 0) is 12.5 Å². The molecule has 3 heterocycles. The molecule has 1 aromatic carbocycles. The van der Waals surface area contributed by atoms with Gasteiger partial charge in [0.1, 0.15) is 5.69 Å². The van der Waals surface area contributed by atoms with Crippen molar-refractivity contribution in [3.8, 4) is 5.88 Å². The van der Waals surface area contributed by atoms with Crippen molar-refractivity contribution in [2.75, 3.05) is 25.5 Å². The Morgan fingerprint density at radius 2 is 1.93 bits per heavy atom. The maximum absolute atomic E-state index is 13.3. The molecule has 1 aliphatic rings. The standard InChI is InChI=1S/C20H17F3N4O3/c1-30-17-5-11-4-15(26-16(11)8-24-17)20(29)27-3-2-10(9-27)19(28)25-12-6-13(21)18(23)14(22)7-12/h4-8,10,26H,2-3,9H2,1H3,(H,25,28)/t10-/m0/s1. The fourth-order valence-corrected chi connectivity index (χ4v) is 3.44. The Kier molecular flexibility index (Phi) is 5.06. The van der Waals surface area contributed by atoms with Crippen LogP contribution in [0.5, 0.6) is 5.88 Å². The number of ether oxygens (including phenoxy) is 1. The van der Waals surface area contributed by atoms with Crippen molar-refractivity contribution in [2.24, 2.45) is 5.92 Å². The molecule has 0 aliphatic carbocycles. The molecule has 3 aromatic rings. The maximum atomic E-state index is 13.3. The van der Waals surface area contributed by atoms with Crippen molar-refractivity contribution >= 4 is 28.4 Å². The minimum Gasteiger partial charge on any atom is -0.481 e. The number of nitrogens with one attached hydrogen (secondary N) is 2. The van der Waals surface area contributed by atoms with Gasteiger partial charge in [-0.15, -0.1) is 0 Å². The van der Waals surface area contributed by atoms with Crippen LogP contribution in [0.2, 0.25) is 0 Å². The number of carbonyl (C=O) groups excluding carboxylic acids is 2. The monoisotopic (exact) mass is 418 g/mol. The van der Waals surface area contributed by atoms with Crippen LogP contribution in [-0.4, -0.2) is 46.9 Å². The number of aromatic amines is 1. The number of benzene rings is 1. The zero-order valence-corrected chi connectivity index (χ0v) is 15.8. The highest BCUT2D eigenvalue weighted by Crippen LogP contribution is 2.24. The Hall–Kier alpha value is -3.56. The lowest BCUT2D eigenvalue weighted by atomic mass is 10.1. The first kappa shape index (κ1) is 19.7. The summed E-state index contributed by atoms with van der Waals surface area (Å²) in [6.07, 6.45) is 1.95. The molecule has 7 nitrogen and oxygen atoms in total. The van der Waals surface area contributed by atoms with Crippen molar-refractivity contribution in [3.63, 3.8) is 0 Å². The minimum atomic E-state index is -1.60. The van der Waals surface area contributed by atoms with Crippen LogP contribution in [0, 0.1) is 23.4 Å². The van der Waals surface area contributed by atoms with Crippen molar-refractivity contribution in [2.45, 2.75) is 6.42 Å². The number of anilines is 1. The van der Waals surface area contributed by atoms with Gasteiger partial charge in [0.05, 0.1) is 24.7 Å². The first-order chi connectivity index (χ1) is 14.4. The highest BCUT2D eigenvalue weighted by molar-refractivity contribution is 5.99. The lowest BCUT2D eigenvalue weighted by Crippen LogP contribution is -2.31. The summed E-state index contributed by atoms with van der Waals surface area (Å²) in [5, 5.41) is 3.14. The van der Waals surface area contributed by atoms with Crippen LogP contribution in [0.15, 0.2) is 30.5 Å². The quantitative estimate of drug-likeness (QED) is 0.638. The van der Waals surface area contributed by atoms with Crippen LogP contribution in [0.3, 0.4) is 0 Å². The van der Waals surface area contributed by atoms with E-state index in [-0.39, 0.29) is 18.1 Å². The average Bonchev–Trinajstić information content (AvgIpc) is 3.38. The molecule has 2 amide bonds. The molecule has 4 rings (SSSR count). The molecule has 0 spiro atoms. The summed E-state index contributed by atoms with van der Waals surface area (Å²) in [4.78, 5) is 33.8. The van der Waals surface area contributed by atoms with Crippen molar-refractivity contribution < 1.29 is 27.5 Å². The number of carbonyl (C=O) groups is 2. The number of hydrogen-bond acceptors (Lipinski definition) is 4. The molecule has 1 fully saturated rings. The molecule has 1 aliphatic heterocycles. The largest absolute Gasteiger partial charge is 0.481 e. The van der Waals surface area contributed by atoms with Crippen LogP contribution in [0.1, 0.15) is 16.9 Å². The van der Waals surface area contributed by atoms with Gasteiger partial charge in [0.25, 0.3) is 5.91 Å². The molecule has 2 aromatic heterocycles. The van der Waals surface area contributed by atoms with E-state index in [1.807, 2.05) is 0 Å². The van der Waals surface area contributed by atoms with Gasteiger partial charge in [0.15, 0.2) is 17.5 Å². The second kappa shape index (κ2) is 7.69. The van der Waals surface area contributed by atoms with Gasteiger partial charge in [-0.1, -0.05) is 0 Å². The van der Waals surface area contributed by atoms with Gasteiger partial charge >= 0.3 is 0 Å². The van der Waals surface area contributed by atoms with Gasteiger partial charge in [-0.25, -0.2) is 18.2 Å². The highest BCUT2D eigenvalue weighted by atomic mass is 19.2. The van der Waals surface area contributed by atoms with E-state index in [9.17, 15) is 22.8 Å². The third-order valence-electron chi connectivity index (χ3n) is 5.02. The summed E-state index contributed by atoms with van der Waals surface area (Å²) in [5.41, 5.74) is 0.843. The van der Waals surface area contributed by atoms with Crippen molar-refractivity contribution in [3.05, 3.63) is 53.6 Å². The number of rotatable bonds is 4. The molecule has 0 saturated carbocycles. The van der Waals surface area contributed by atoms with E-state index in [0.29, 0.717) is 42.2 Å². The van der Waals surface area contributed by atoms with Crippen molar-refractivity contribution in [1.29, 1.82) is 0 Å². The number of H-pyrrole nitrogens is 1.